The van der Waals surface area contributed by atoms with Gasteiger partial charge in [-0.05, 0) is 30.3 Å². The first-order valence-electron chi connectivity index (χ1n) is 7.00. The summed E-state index contributed by atoms with van der Waals surface area (Å²) >= 11 is 3.33. The highest BCUT2D eigenvalue weighted by Crippen LogP contribution is 2.34. The Kier molecular flexibility index (Phi) is 4.68. The highest BCUT2D eigenvalue weighted by Gasteiger charge is 2.20. The molecule has 0 atom stereocenters. The first kappa shape index (κ1) is 17.7. The molecule has 8 heteroatoms. The second kappa shape index (κ2) is 6.62. The molecule has 1 aromatic heterocycles. The fourth-order valence-corrected chi connectivity index (χ4v) is 3.28. The van der Waals surface area contributed by atoms with Crippen molar-refractivity contribution in [3.8, 4) is 22.4 Å². The molecule has 0 aliphatic rings. The van der Waals surface area contributed by atoms with Crippen LogP contribution in [-0.4, -0.2) is 13.4 Å². The van der Waals surface area contributed by atoms with Gasteiger partial charge in [0.05, 0.1) is 5.69 Å². The molecule has 25 heavy (non-hydrogen) atoms. The van der Waals surface area contributed by atoms with Crippen molar-refractivity contribution in [2.75, 3.05) is 0 Å². The van der Waals surface area contributed by atoms with Crippen LogP contribution in [0.1, 0.15) is 0 Å². The maximum Gasteiger partial charge on any atom is 0.241 e. The average molecular weight is 425 g/mol. The summed E-state index contributed by atoms with van der Waals surface area (Å²) in [5.74, 6) is -2.03. The molecular formula is C17H11BrF2N2O2S. The van der Waals surface area contributed by atoms with Crippen molar-refractivity contribution in [3.63, 3.8) is 0 Å². The van der Waals surface area contributed by atoms with E-state index in [0.29, 0.717) is 22.9 Å². The van der Waals surface area contributed by atoms with Crippen molar-refractivity contribution in [2.24, 2.45) is 5.14 Å². The lowest BCUT2D eigenvalue weighted by molar-refractivity contribution is 0.555. The Labute approximate surface area is 151 Å². The van der Waals surface area contributed by atoms with Crippen LogP contribution in [0.5, 0.6) is 0 Å². The zero-order valence-corrected chi connectivity index (χ0v) is 15.0. The maximum absolute atomic E-state index is 14.5. The molecular weight excluding hydrogens is 414 g/mol. The molecule has 3 aromatic rings. The van der Waals surface area contributed by atoms with Gasteiger partial charge in [-0.2, -0.15) is 0 Å². The monoisotopic (exact) mass is 424 g/mol. The average Bonchev–Trinajstić information content (AvgIpc) is 2.56. The van der Waals surface area contributed by atoms with Gasteiger partial charge in [0, 0.05) is 27.4 Å². The first-order chi connectivity index (χ1) is 11.8. The van der Waals surface area contributed by atoms with E-state index >= 15 is 0 Å². The van der Waals surface area contributed by atoms with Crippen molar-refractivity contribution < 1.29 is 17.2 Å². The van der Waals surface area contributed by atoms with Gasteiger partial charge >= 0.3 is 0 Å². The molecule has 0 spiro atoms. The first-order valence-corrected chi connectivity index (χ1v) is 9.34. The van der Waals surface area contributed by atoms with Crippen molar-refractivity contribution in [1.29, 1.82) is 0 Å². The molecule has 0 bridgehead atoms. The Morgan fingerprint density at radius 3 is 2.28 bits per heavy atom. The van der Waals surface area contributed by atoms with Crippen LogP contribution in [0, 0.1) is 11.6 Å². The smallest absolute Gasteiger partial charge is 0.241 e. The second-order valence-electron chi connectivity index (χ2n) is 5.21. The van der Waals surface area contributed by atoms with Crippen LogP contribution in [0.3, 0.4) is 0 Å². The quantitative estimate of drug-likeness (QED) is 0.687. The Morgan fingerprint density at radius 2 is 1.64 bits per heavy atom. The minimum atomic E-state index is -4.36. The van der Waals surface area contributed by atoms with Crippen molar-refractivity contribution in [2.45, 2.75) is 4.90 Å². The van der Waals surface area contributed by atoms with Crippen LogP contribution in [-0.2, 0) is 10.0 Å². The fourth-order valence-electron chi connectivity index (χ4n) is 2.41. The predicted molar refractivity (Wildman–Crippen MR) is 94.1 cm³/mol. The molecule has 2 aromatic carbocycles. The highest BCUT2D eigenvalue weighted by atomic mass is 79.9. The molecule has 0 saturated carbocycles. The minimum Gasteiger partial charge on any atom is -0.256 e. The molecule has 128 valence electrons. The summed E-state index contributed by atoms with van der Waals surface area (Å²) < 4.78 is 52.2. The lowest BCUT2D eigenvalue weighted by Crippen LogP contribution is -2.14. The fraction of sp³-hybridized carbons (Fsp3) is 0. The molecule has 1 heterocycles. The summed E-state index contributed by atoms with van der Waals surface area (Å²) in [5.41, 5.74) is 1.38. The van der Waals surface area contributed by atoms with Gasteiger partial charge in [-0.25, -0.2) is 22.3 Å². The van der Waals surface area contributed by atoms with E-state index in [4.69, 9.17) is 5.14 Å². The third kappa shape index (κ3) is 3.60. The van der Waals surface area contributed by atoms with E-state index < -0.39 is 26.6 Å². The van der Waals surface area contributed by atoms with E-state index in [1.54, 1.807) is 36.4 Å². The van der Waals surface area contributed by atoms with Gasteiger partial charge in [0.1, 0.15) is 16.5 Å². The van der Waals surface area contributed by atoms with E-state index in [-0.39, 0.29) is 5.56 Å². The molecule has 0 amide bonds. The molecule has 3 rings (SSSR count). The number of primary sulfonamides is 1. The maximum atomic E-state index is 14.5. The lowest BCUT2D eigenvalue weighted by atomic mass is 9.99. The molecule has 0 fully saturated rings. The van der Waals surface area contributed by atoms with Crippen molar-refractivity contribution >= 4 is 26.0 Å². The van der Waals surface area contributed by atoms with Gasteiger partial charge in [0.25, 0.3) is 0 Å². The van der Waals surface area contributed by atoms with Gasteiger partial charge in [-0.3, -0.25) is 4.98 Å². The molecule has 0 aliphatic carbocycles. The van der Waals surface area contributed by atoms with Crippen LogP contribution in [0.2, 0.25) is 0 Å². The largest absolute Gasteiger partial charge is 0.256 e. The van der Waals surface area contributed by atoms with Crippen LogP contribution in [0.25, 0.3) is 22.4 Å². The Morgan fingerprint density at radius 1 is 0.960 bits per heavy atom. The number of nitrogens with two attached hydrogens (primary N) is 1. The standard InChI is InChI=1S/C17H11BrF2N2O2S/c18-11-5-3-10(4-6-11)17-12(2-1-7-22-17)13-8-15(20)16(9-14(13)19)25(21,23)24/h1-9H,(H2,21,23,24). The summed E-state index contributed by atoms with van der Waals surface area (Å²) in [6.07, 6.45) is 1.54. The van der Waals surface area contributed by atoms with E-state index in [1.807, 2.05) is 0 Å². The van der Waals surface area contributed by atoms with Crippen LogP contribution >= 0.6 is 15.9 Å². The lowest BCUT2D eigenvalue weighted by Gasteiger charge is -2.11. The number of nitrogens with zero attached hydrogens (tertiary/aromatic N) is 1. The number of sulfonamides is 1. The SMILES string of the molecule is NS(=O)(=O)c1cc(F)c(-c2cccnc2-c2ccc(Br)cc2)cc1F. The van der Waals surface area contributed by atoms with Gasteiger partial charge < -0.3 is 0 Å². The molecule has 0 radical (unpaired) electrons. The Bertz CT molecular complexity index is 1050. The van der Waals surface area contributed by atoms with Crippen LogP contribution in [0.4, 0.5) is 8.78 Å². The third-order valence-corrected chi connectivity index (χ3v) is 5.00. The Balaban J connectivity index is 2.22. The van der Waals surface area contributed by atoms with Crippen LogP contribution < -0.4 is 5.14 Å². The third-order valence-electron chi connectivity index (χ3n) is 3.54. The summed E-state index contributed by atoms with van der Waals surface area (Å²) in [4.78, 5) is 3.36. The summed E-state index contributed by atoms with van der Waals surface area (Å²) in [5, 5.41) is 4.90. The summed E-state index contributed by atoms with van der Waals surface area (Å²) in [6, 6.07) is 11.7. The molecule has 0 saturated heterocycles. The highest BCUT2D eigenvalue weighted by molar-refractivity contribution is 9.10. The van der Waals surface area contributed by atoms with E-state index in [9.17, 15) is 17.2 Å². The van der Waals surface area contributed by atoms with E-state index in [2.05, 4.69) is 20.9 Å². The van der Waals surface area contributed by atoms with E-state index in [1.165, 1.54) is 6.20 Å². The number of hydrogen-bond acceptors (Lipinski definition) is 3. The normalized spacial score (nSPS) is 11.5. The Hall–Kier alpha value is -2.16. The van der Waals surface area contributed by atoms with E-state index in [0.717, 1.165) is 10.5 Å². The van der Waals surface area contributed by atoms with Crippen molar-refractivity contribution in [1.82, 2.24) is 4.98 Å². The topological polar surface area (TPSA) is 73.1 Å². The number of rotatable bonds is 3. The zero-order chi connectivity index (χ0) is 18.2. The summed E-state index contributed by atoms with van der Waals surface area (Å²) in [7, 11) is -4.36. The minimum absolute atomic E-state index is 0.101. The number of pyridine rings is 1. The molecule has 2 N–H and O–H groups in total. The summed E-state index contributed by atoms with van der Waals surface area (Å²) in [6.45, 7) is 0. The molecule has 0 aliphatic heterocycles. The van der Waals surface area contributed by atoms with Gasteiger partial charge in [0.15, 0.2) is 0 Å². The molecule has 4 nitrogen and oxygen atoms in total. The predicted octanol–water partition coefficient (Wildman–Crippen LogP) is 4.10. The number of benzene rings is 2. The number of aromatic nitrogens is 1. The zero-order valence-electron chi connectivity index (χ0n) is 12.6. The van der Waals surface area contributed by atoms with Gasteiger partial charge in [-0.1, -0.05) is 34.1 Å². The second-order valence-corrected chi connectivity index (χ2v) is 7.66. The van der Waals surface area contributed by atoms with Gasteiger partial charge in [0.2, 0.25) is 10.0 Å². The number of halogens is 3. The molecule has 0 unspecified atom stereocenters. The van der Waals surface area contributed by atoms with Crippen molar-refractivity contribution in [3.05, 3.63) is 70.8 Å². The van der Waals surface area contributed by atoms with Gasteiger partial charge in [-0.15, -0.1) is 0 Å². The number of hydrogen-bond donors (Lipinski definition) is 1. The van der Waals surface area contributed by atoms with Crippen LogP contribution in [0.15, 0.2) is 64.1 Å².